The lowest BCUT2D eigenvalue weighted by molar-refractivity contribution is 0.0715. The van der Waals surface area contributed by atoms with Crippen LogP contribution >= 0.6 is 0 Å². The van der Waals surface area contributed by atoms with Gasteiger partial charge in [-0.15, -0.1) is 0 Å². The molecule has 4 nitrogen and oxygen atoms in total. The van der Waals surface area contributed by atoms with Crippen molar-refractivity contribution in [2.45, 2.75) is 18.6 Å². The zero-order valence-electron chi connectivity index (χ0n) is 12.8. The van der Waals surface area contributed by atoms with Crippen LogP contribution in [0.25, 0.3) is 0 Å². The molecule has 1 heterocycles. The summed E-state index contributed by atoms with van der Waals surface area (Å²) in [6, 6.07) is 12.7. The summed E-state index contributed by atoms with van der Waals surface area (Å²) in [5.74, 6) is 0.142. The van der Waals surface area contributed by atoms with Gasteiger partial charge in [-0.25, -0.2) is 4.39 Å². The zero-order valence-corrected chi connectivity index (χ0v) is 12.8. The lowest BCUT2D eigenvalue weighted by Gasteiger charge is -2.25. The predicted molar refractivity (Wildman–Crippen MR) is 83.8 cm³/mol. The van der Waals surface area contributed by atoms with Crippen LogP contribution in [0.15, 0.2) is 48.5 Å². The second kappa shape index (κ2) is 6.38. The van der Waals surface area contributed by atoms with Gasteiger partial charge in [0, 0.05) is 12.1 Å². The van der Waals surface area contributed by atoms with Crippen LogP contribution in [0, 0.1) is 5.82 Å². The highest BCUT2D eigenvalue weighted by atomic mass is 19.1. The summed E-state index contributed by atoms with van der Waals surface area (Å²) in [6.07, 6.45) is -0.198. The molecule has 0 bridgehead atoms. The average molecular weight is 315 g/mol. The Hall–Kier alpha value is -2.40. The number of halogens is 1. The Labute approximate surface area is 134 Å². The highest BCUT2D eigenvalue weighted by molar-refractivity contribution is 5.94. The Morgan fingerprint density at radius 3 is 2.65 bits per heavy atom. The first-order chi connectivity index (χ1) is 11.1. The number of nitrogens with zero attached hydrogens (tertiary/aromatic N) is 1. The van der Waals surface area contributed by atoms with E-state index < -0.39 is 6.10 Å². The minimum absolute atomic E-state index is 0.182. The van der Waals surface area contributed by atoms with Crippen LogP contribution in [0.4, 0.5) is 4.39 Å². The van der Waals surface area contributed by atoms with E-state index >= 15 is 0 Å². The zero-order chi connectivity index (χ0) is 16.4. The van der Waals surface area contributed by atoms with Gasteiger partial charge >= 0.3 is 0 Å². The first kappa shape index (κ1) is 15.5. The molecular formula is C18H18FNO3. The molecule has 1 aliphatic rings. The van der Waals surface area contributed by atoms with Crippen molar-refractivity contribution in [3.63, 3.8) is 0 Å². The lowest BCUT2D eigenvalue weighted by Crippen LogP contribution is -2.31. The molecule has 0 radical (unpaired) electrons. The Kier molecular flexibility index (Phi) is 4.30. The van der Waals surface area contributed by atoms with Crippen molar-refractivity contribution >= 4 is 5.91 Å². The third-order valence-corrected chi connectivity index (χ3v) is 4.11. The number of methoxy groups -OCH3 is 1. The fourth-order valence-corrected chi connectivity index (χ4v) is 2.97. The summed E-state index contributed by atoms with van der Waals surface area (Å²) < 4.78 is 18.6. The molecule has 0 aliphatic carbocycles. The highest BCUT2D eigenvalue weighted by Gasteiger charge is 2.35. The van der Waals surface area contributed by atoms with Crippen molar-refractivity contribution < 1.29 is 19.0 Å². The Bertz CT molecular complexity index is 702. The molecule has 3 rings (SSSR count). The number of carbonyl (C=O) groups excluding carboxylic acids is 1. The molecule has 120 valence electrons. The van der Waals surface area contributed by atoms with Crippen molar-refractivity contribution in [2.24, 2.45) is 0 Å². The van der Waals surface area contributed by atoms with E-state index in [4.69, 9.17) is 4.74 Å². The molecule has 0 saturated carbocycles. The molecule has 0 spiro atoms. The molecule has 1 fully saturated rings. The van der Waals surface area contributed by atoms with E-state index in [-0.39, 0.29) is 24.3 Å². The van der Waals surface area contributed by atoms with Crippen LogP contribution in [0.5, 0.6) is 5.75 Å². The van der Waals surface area contributed by atoms with Crippen LogP contribution in [0.3, 0.4) is 0 Å². The van der Waals surface area contributed by atoms with Gasteiger partial charge in [-0.3, -0.25) is 4.79 Å². The molecule has 23 heavy (non-hydrogen) atoms. The van der Waals surface area contributed by atoms with Gasteiger partial charge in [-0.1, -0.05) is 12.1 Å². The standard InChI is InChI=1S/C18H18FNO3/c1-23-16-7-5-12(6-8-16)18(22)20-11-15(21)10-17(20)13-3-2-4-14(19)9-13/h2-9,15,17,21H,10-11H2,1H3. The maximum absolute atomic E-state index is 13.5. The van der Waals surface area contributed by atoms with Gasteiger partial charge in [-0.05, 0) is 48.4 Å². The molecule has 2 aromatic rings. The summed E-state index contributed by atoms with van der Waals surface area (Å²) in [4.78, 5) is 14.3. The number of rotatable bonds is 3. The largest absolute Gasteiger partial charge is 0.497 e. The molecule has 1 amide bonds. The van der Waals surface area contributed by atoms with Gasteiger partial charge in [0.05, 0.1) is 19.3 Å². The van der Waals surface area contributed by atoms with E-state index in [0.717, 1.165) is 0 Å². The van der Waals surface area contributed by atoms with Crippen molar-refractivity contribution in [3.05, 3.63) is 65.5 Å². The second-order valence-corrected chi connectivity index (χ2v) is 5.65. The highest BCUT2D eigenvalue weighted by Crippen LogP contribution is 2.33. The quantitative estimate of drug-likeness (QED) is 0.947. The fourth-order valence-electron chi connectivity index (χ4n) is 2.97. The molecule has 1 saturated heterocycles. The number of β-amino-alcohol motifs (C(OH)–C–C–N with tert-alkyl or cyclic N) is 1. The molecule has 0 aromatic heterocycles. The van der Waals surface area contributed by atoms with E-state index in [1.54, 1.807) is 48.4 Å². The summed E-state index contributed by atoms with van der Waals surface area (Å²) in [5, 5.41) is 9.97. The first-order valence-electron chi connectivity index (χ1n) is 7.47. The Morgan fingerprint density at radius 1 is 1.26 bits per heavy atom. The number of amides is 1. The van der Waals surface area contributed by atoms with E-state index in [1.807, 2.05) is 0 Å². The third-order valence-electron chi connectivity index (χ3n) is 4.11. The lowest BCUT2D eigenvalue weighted by atomic mass is 10.0. The topological polar surface area (TPSA) is 49.8 Å². The summed E-state index contributed by atoms with van der Waals surface area (Å²) >= 11 is 0. The summed E-state index contributed by atoms with van der Waals surface area (Å²) in [7, 11) is 1.56. The molecule has 2 atom stereocenters. The van der Waals surface area contributed by atoms with Crippen LogP contribution in [0.2, 0.25) is 0 Å². The number of aliphatic hydroxyl groups excluding tert-OH is 1. The van der Waals surface area contributed by atoms with Crippen molar-refractivity contribution in [2.75, 3.05) is 13.7 Å². The van der Waals surface area contributed by atoms with Crippen molar-refractivity contribution in [3.8, 4) is 5.75 Å². The fraction of sp³-hybridized carbons (Fsp3) is 0.278. The molecule has 2 aromatic carbocycles. The van der Waals surface area contributed by atoms with E-state index in [9.17, 15) is 14.3 Å². The number of carbonyl (C=O) groups is 1. The second-order valence-electron chi connectivity index (χ2n) is 5.65. The van der Waals surface area contributed by atoms with Gasteiger partial charge in [0.15, 0.2) is 0 Å². The maximum atomic E-state index is 13.5. The number of hydrogen-bond acceptors (Lipinski definition) is 3. The van der Waals surface area contributed by atoms with Gasteiger partial charge in [0.25, 0.3) is 5.91 Å². The average Bonchev–Trinajstić information content (AvgIpc) is 2.96. The van der Waals surface area contributed by atoms with Crippen LogP contribution in [-0.2, 0) is 0 Å². The predicted octanol–water partition coefficient (Wildman–Crippen LogP) is 2.78. The van der Waals surface area contributed by atoms with E-state index in [1.165, 1.54) is 12.1 Å². The summed E-state index contributed by atoms with van der Waals surface area (Å²) in [6.45, 7) is 0.242. The number of likely N-dealkylation sites (tertiary alicyclic amines) is 1. The third kappa shape index (κ3) is 3.19. The normalized spacial score (nSPS) is 20.6. The maximum Gasteiger partial charge on any atom is 0.254 e. The number of aliphatic hydroxyl groups is 1. The van der Waals surface area contributed by atoms with Gasteiger partial charge in [0.1, 0.15) is 11.6 Å². The SMILES string of the molecule is COc1ccc(C(=O)N2CC(O)CC2c2cccc(F)c2)cc1. The van der Waals surface area contributed by atoms with Gasteiger partial charge in [-0.2, -0.15) is 0 Å². The molecule has 1 N–H and O–H groups in total. The minimum atomic E-state index is -0.606. The number of benzene rings is 2. The van der Waals surface area contributed by atoms with E-state index in [0.29, 0.717) is 23.3 Å². The monoisotopic (exact) mass is 315 g/mol. The van der Waals surface area contributed by atoms with Gasteiger partial charge < -0.3 is 14.7 Å². The van der Waals surface area contributed by atoms with Crippen molar-refractivity contribution in [1.29, 1.82) is 0 Å². The number of ether oxygens (including phenoxy) is 1. The molecule has 2 unspecified atom stereocenters. The smallest absolute Gasteiger partial charge is 0.254 e. The van der Waals surface area contributed by atoms with Gasteiger partial charge in [0.2, 0.25) is 0 Å². The minimum Gasteiger partial charge on any atom is -0.497 e. The first-order valence-corrected chi connectivity index (χ1v) is 7.47. The molecular weight excluding hydrogens is 297 g/mol. The number of hydrogen-bond donors (Lipinski definition) is 1. The van der Waals surface area contributed by atoms with Crippen LogP contribution < -0.4 is 4.74 Å². The Morgan fingerprint density at radius 2 is 2.00 bits per heavy atom. The van der Waals surface area contributed by atoms with E-state index in [2.05, 4.69) is 0 Å². The summed E-state index contributed by atoms with van der Waals surface area (Å²) in [5.41, 5.74) is 1.21. The Balaban J connectivity index is 1.87. The molecule has 5 heteroatoms. The van der Waals surface area contributed by atoms with Crippen LogP contribution in [-0.4, -0.2) is 35.7 Å². The molecule has 1 aliphatic heterocycles. The van der Waals surface area contributed by atoms with Crippen LogP contribution in [0.1, 0.15) is 28.4 Å². The van der Waals surface area contributed by atoms with Crippen molar-refractivity contribution in [1.82, 2.24) is 4.90 Å².